The molecule has 12 nitrogen and oxygen atoms in total. The van der Waals surface area contributed by atoms with Gasteiger partial charge in [-0.15, -0.1) is 0 Å². The number of hydrogen-bond acceptors (Lipinski definition) is 7. The van der Waals surface area contributed by atoms with Crippen LogP contribution in [0, 0.1) is 5.82 Å². The summed E-state index contributed by atoms with van der Waals surface area (Å²) in [6.45, 7) is 0.0352. The molecule has 0 radical (unpaired) electrons. The first-order valence-electron chi connectivity index (χ1n) is 12.9. The van der Waals surface area contributed by atoms with Gasteiger partial charge in [-0.1, -0.05) is 12.1 Å². The molecule has 0 bridgehead atoms. The van der Waals surface area contributed by atoms with Crippen molar-refractivity contribution < 1.29 is 42.9 Å². The Bertz CT molecular complexity index is 1500. The Balaban J connectivity index is 1.43. The number of carbonyl (C=O) groups is 4. The van der Waals surface area contributed by atoms with Gasteiger partial charge >= 0.3 is 12.0 Å². The number of carboxylic acid groups (broad SMARTS) is 1. The van der Waals surface area contributed by atoms with E-state index in [1.54, 1.807) is 30.3 Å². The number of methoxy groups -OCH3 is 1. The second kappa shape index (κ2) is 12.0. The summed E-state index contributed by atoms with van der Waals surface area (Å²) in [6, 6.07) is 14.4. The maximum Gasteiger partial charge on any atom is 0.323 e. The molecule has 3 aromatic rings. The van der Waals surface area contributed by atoms with Gasteiger partial charge in [0.15, 0.2) is 17.7 Å². The standard InChI is InChI=1S/C29H27FN4O8/c1-40-21-9-7-20(8-10-21)31-29(39)34-13-12-33(28(38)18-4-11-23-24(14-18)42-16-41-23)27(34)26(37)32-22(15-25(35)36)17-2-5-19(30)6-3-17/h2-11,14,22,27H,12-13,15-16H2,1H3,(H,31,39)(H,32,37)(H,35,36). The molecule has 42 heavy (non-hydrogen) atoms. The summed E-state index contributed by atoms with van der Waals surface area (Å²) >= 11 is 0. The smallest absolute Gasteiger partial charge is 0.323 e. The van der Waals surface area contributed by atoms with Gasteiger partial charge in [0, 0.05) is 24.3 Å². The summed E-state index contributed by atoms with van der Waals surface area (Å²) in [5, 5.41) is 14.9. The number of carbonyl (C=O) groups excluding carboxylic acids is 3. The molecule has 3 aromatic carbocycles. The summed E-state index contributed by atoms with van der Waals surface area (Å²) < 4.78 is 29.4. The highest BCUT2D eigenvalue weighted by atomic mass is 19.1. The third-order valence-corrected chi connectivity index (χ3v) is 6.86. The van der Waals surface area contributed by atoms with E-state index in [0.29, 0.717) is 28.5 Å². The van der Waals surface area contributed by atoms with Gasteiger partial charge < -0.3 is 34.9 Å². The monoisotopic (exact) mass is 578 g/mol. The molecule has 2 unspecified atom stereocenters. The molecule has 2 aliphatic heterocycles. The quantitative estimate of drug-likeness (QED) is 0.369. The molecule has 13 heteroatoms. The van der Waals surface area contributed by atoms with Crippen LogP contribution in [0.2, 0.25) is 0 Å². The van der Waals surface area contributed by atoms with Crippen molar-refractivity contribution in [2.45, 2.75) is 18.6 Å². The molecule has 218 valence electrons. The number of amides is 4. The zero-order chi connectivity index (χ0) is 29.8. The Labute approximate surface area is 239 Å². The van der Waals surface area contributed by atoms with Gasteiger partial charge in [0.05, 0.1) is 19.6 Å². The fraction of sp³-hybridized carbons (Fsp3) is 0.241. The van der Waals surface area contributed by atoms with Crippen LogP contribution in [0.15, 0.2) is 66.7 Å². The number of aliphatic carboxylic acids is 1. The third kappa shape index (κ3) is 6.04. The Kier molecular flexibility index (Phi) is 8.09. The SMILES string of the molecule is COc1ccc(NC(=O)N2CCN(C(=O)c3ccc4c(c3)OCO4)C2C(=O)NC(CC(=O)O)c2ccc(F)cc2)cc1. The first-order chi connectivity index (χ1) is 20.2. The van der Waals surface area contributed by atoms with E-state index in [-0.39, 0.29) is 25.4 Å². The summed E-state index contributed by atoms with van der Waals surface area (Å²) in [7, 11) is 1.51. The number of urea groups is 1. The van der Waals surface area contributed by atoms with E-state index in [4.69, 9.17) is 14.2 Å². The first-order valence-corrected chi connectivity index (χ1v) is 12.9. The van der Waals surface area contributed by atoms with Crippen LogP contribution in [-0.4, -0.2) is 71.9 Å². The highest BCUT2D eigenvalue weighted by molar-refractivity contribution is 6.01. The van der Waals surface area contributed by atoms with Crippen molar-refractivity contribution in [2.24, 2.45) is 0 Å². The average Bonchev–Trinajstić information content (AvgIpc) is 3.64. The first kappa shape index (κ1) is 28.2. The molecule has 2 atom stereocenters. The highest BCUT2D eigenvalue weighted by Gasteiger charge is 2.44. The fourth-order valence-corrected chi connectivity index (χ4v) is 4.77. The summed E-state index contributed by atoms with van der Waals surface area (Å²) in [5.41, 5.74) is 0.971. The van der Waals surface area contributed by atoms with E-state index in [0.717, 1.165) is 12.1 Å². The zero-order valence-corrected chi connectivity index (χ0v) is 22.4. The molecule has 1 saturated heterocycles. The fourth-order valence-electron chi connectivity index (χ4n) is 4.77. The van der Waals surface area contributed by atoms with Crippen molar-refractivity contribution in [1.82, 2.24) is 15.1 Å². The molecule has 0 aliphatic carbocycles. The number of hydrogen-bond donors (Lipinski definition) is 3. The number of halogens is 1. The van der Waals surface area contributed by atoms with E-state index < -0.39 is 48.3 Å². The number of ether oxygens (including phenoxy) is 3. The van der Waals surface area contributed by atoms with Crippen LogP contribution < -0.4 is 24.8 Å². The number of benzene rings is 3. The lowest BCUT2D eigenvalue weighted by atomic mass is 10.0. The van der Waals surface area contributed by atoms with E-state index in [2.05, 4.69) is 10.6 Å². The minimum absolute atomic E-state index is 0.00931. The predicted molar refractivity (Wildman–Crippen MR) is 146 cm³/mol. The summed E-state index contributed by atoms with van der Waals surface area (Å²) in [6.07, 6.45) is -1.95. The van der Waals surface area contributed by atoms with Crippen LogP contribution in [0.1, 0.15) is 28.4 Å². The van der Waals surface area contributed by atoms with E-state index in [1.165, 1.54) is 41.2 Å². The lowest BCUT2D eigenvalue weighted by molar-refractivity contribution is -0.138. The molecule has 0 aromatic heterocycles. The molecule has 3 N–H and O–H groups in total. The van der Waals surface area contributed by atoms with Crippen molar-refractivity contribution in [2.75, 3.05) is 32.3 Å². The van der Waals surface area contributed by atoms with Crippen molar-refractivity contribution in [3.05, 3.63) is 83.7 Å². The van der Waals surface area contributed by atoms with Gasteiger partial charge in [-0.05, 0) is 60.2 Å². The minimum Gasteiger partial charge on any atom is -0.497 e. The largest absolute Gasteiger partial charge is 0.497 e. The summed E-state index contributed by atoms with van der Waals surface area (Å²) in [5.74, 6) is -1.66. The molecular weight excluding hydrogens is 551 g/mol. The maximum absolute atomic E-state index is 13.8. The Hall–Kier alpha value is -5.33. The number of anilines is 1. The maximum atomic E-state index is 13.8. The third-order valence-electron chi connectivity index (χ3n) is 6.86. The molecular formula is C29H27FN4O8. The lowest BCUT2D eigenvalue weighted by Crippen LogP contribution is -2.55. The van der Waals surface area contributed by atoms with Crippen molar-refractivity contribution >= 4 is 29.5 Å². The van der Waals surface area contributed by atoms with Crippen LogP contribution >= 0.6 is 0 Å². The Morgan fingerprint density at radius 3 is 2.36 bits per heavy atom. The number of rotatable bonds is 8. The van der Waals surface area contributed by atoms with Crippen LogP contribution in [-0.2, 0) is 9.59 Å². The van der Waals surface area contributed by atoms with Crippen molar-refractivity contribution in [3.63, 3.8) is 0 Å². The number of nitrogens with zero attached hydrogens (tertiary/aromatic N) is 2. The predicted octanol–water partition coefficient (Wildman–Crippen LogP) is 3.21. The Morgan fingerprint density at radius 1 is 0.976 bits per heavy atom. The number of carboxylic acids is 1. The molecule has 5 rings (SSSR count). The molecule has 2 heterocycles. The second-order valence-corrected chi connectivity index (χ2v) is 9.50. The number of nitrogens with one attached hydrogen (secondary N) is 2. The van der Waals surface area contributed by atoms with Gasteiger partial charge in [0.25, 0.3) is 11.8 Å². The normalized spacial score (nSPS) is 16.1. The summed E-state index contributed by atoms with van der Waals surface area (Å²) in [4.78, 5) is 54.9. The Morgan fingerprint density at radius 2 is 1.67 bits per heavy atom. The average molecular weight is 579 g/mol. The van der Waals surface area contributed by atoms with Crippen LogP contribution in [0.5, 0.6) is 17.2 Å². The second-order valence-electron chi connectivity index (χ2n) is 9.50. The molecule has 0 saturated carbocycles. The number of fused-ring (bicyclic) bond motifs is 1. The van der Waals surface area contributed by atoms with Gasteiger partial charge in [-0.2, -0.15) is 0 Å². The van der Waals surface area contributed by atoms with Gasteiger partial charge in [0.1, 0.15) is 11.6 Å². The van der Waals surface area contributed by atoms with Crippen LogP contribution in [0.4, 0.5) is 14.9 Å². The van der Waals surface area contributed by atoms with Crippen LogP contribution in [0.3, 0.4) is 0 Å². The molecule has 1 fully saturated rings. The van der Waals surface area contributed by atoms with E-state index in [1.807, 2.05) is 0 Å². The van der Waals surface area contributed by atoms with Crippen LogP contribution in [0.25, 0.3) is 0 Å². The minimum atomic E-state index is -1.43. The topological polar surface area (TPSA) is 147 Å². The molecule has 2 aliphatic rings. The van der Waals surface area contributed by atoms with Gasteiger partial charge in [-0.3, -0.25) is 19.3 Å². The lowest BCUT2D eigenvalue weighted by Gasteiger charge is -2.31. The zero-order valence-electron chi connectivity index (χ0n) is 22.4. The van der Waals surface area contributed by atoms with Crippen molar-refractivity contribution in [1.29, 1.82) is 0 Å². The molecule has 4 amide bonds. The van der Waals surface area contributed by atoms with Crippen molar-refractivity contribution in [3.8, 4) is 17.2 Å². The van der Waals surface area contributed by atoms with Gasteiger partial charge in [-0.25, -0.2) is 9.18 Å². The molecule has 0 spiro atoms. The van der Waals surface area contributed by atoms with E-state index in [9.17, 15) is 28.7 Å². The van der Waals surface area contributed by atoms with Gasteiger partial charge in [0.2, 0.25) is 6.79 Å². The highest BCUT2D eigenvalue weighted by Crippen LogP contribution is 2.33. The van der Waals surface area contributed by atoms with E-state index >= 15 is 0 Å².